The number of nitrogens with one attached hydrogen (secondary N) is 2. The smallest absolute Gasteiger partial charge is 0.316 e. The zero-order chi connectivity index (χ0) is 30.1. The van der Waals surface area contributed by atoms with Gasteiger partial charge in [-0.3, -0.25) is 29.2 Å². The molecule has 1 aromatic carbocycles. The summed E-state index contributed by atoms with van der Waals surface area (Å²) >= 11 is 0. The molecule has 1 saturated heterocycles. The fraction of sp³-hybridized carbons (Fsp3) is 0.516. The van der Waals surface area contributed by atoms with Crippen molar-refractivity contribution in [2.45, 2.75) is 78.6 Å². The van der Waals surface area contributed by atoms with Gasteiger partial charge in [0.05, 0.1) is 22.7 Å². The molecule has 0 spiro atoms. The monoisotopic (exact) mass is 563 g/mol. The zero-order valence-corrected chi connectivity index (χ0v) is 24.9. The van der Waals surface area contributed by atoms with E-state index in [-0.39, 0.29) is 23.8 Å². The van der Waals surface area contributed by atoms with E-state index >= 15 is 0 Å². The van der Waals surface area contributed by atoms with Crippen LogP contribution >= 0.6 is 0 Å². The molecule has 10 heteroatoms. The van der Waals surface area contributed by atoms with Gasteiger partial charge in [-0.15, -0.1) is 0 Å². The number of cyclic esters (lactones) is 1. The quantitative estimate of drug-likeness (QED) is 0.511. The first kappa shape index (κ1) is 30.2. The summed E-state index contributed by atoms with van der Waals surface area (Å²) in [4.78, 5) is 59.7. The lowest BCUT2D eigenvalue weighted by Crippen LogP contribution is -2.61. The Kier molecular flexibility index (Phi) is 8.82. The van der Waals surface area contributed by atoms with Crippen LogP contribution in [0.1, 0.15) is 71.7 Å². The van der Waals surface area contributed by atoms with Gasteiger partial charge in [0.1, 0.15) is 12.1 Å². The first-order chi connectivity index (χ1) is 19.3. The largest absolute Gasteiger partial charge is 0.451 e. The molecule has 2 N–H and O–H groups in total. The van der Waals surface area contributed by atoms with E-state index in [2.05, 4.69) is 10.7 Å². The highest BCUT2D eigenvalue weighted by molar-refractivity contribution is 5.91. The van der Waals surface area contributed by atoms with Crippen molar-refractivity contribution in [3.63, 3.8) is 0 Å². The summed E-state index contributed by atoms with van der Waals surface area (Å²) in [5.41, 5.74) is 4.40. The van der Waals surface area contributed by atoms with Crippen molar-refractivity contribution >= 4 is 40.7 Å². The highest BCUT2D eigenvalue weighted by Gasteiger charge is 2.37. The number of likely N-dealkylation sites (N-methyl/N-ethyl adjacent to an activating group) is 1. The van der Waals surface area contributed by atoms with Gasteiger partial charge in [-0.25, -0.2) is 5.43 Å². The molecule has 220 valence electrons. The number of rotatable bonds is 1. The Bertz CT molecular complexity index is 1370. The SMILES string of the molecule is CC(C)[C@@H]1OC(=O)C(C)(C)/C=C/c2ccc3ccc(nc3c2)[C@@H](C)N(C)C(=O)[C@@H]2CCCN(N2)C(=O)[C@H](C)NC1=O. The van der Waals surface area contributed by atoms with Crippen LogP contribution in [0.4, 0.5) is 0 Å². The summed E-state index contributed by atoms with van der Waals surface area (Å²) < 4.78 is 5.71. The van der Waals surface area contributed by atoms with Crippen molar-refractivity contribution in [3.05, 3.63) is 47.7 Å². The van der Waals surface area contributed by atoms with E-state index in [9.17, 15) is 19.2 Å². The molecule has 3 heterocycles. The first-order valence-electron chi connectivity index (χ1n) is 14.2. The lowest BCUT2D eigenvalue weighted by molar-refractivity contribution is -0.165. The average Bonchev–Trinajstić information content (AvgIpc) is 2.95. The van der Waals surface area contributed by atoms with E-state index in [1.165, 1.54) is 5.01 Å². The number of hydrogen-bond acceptors (Lipinski definition) is 7. The lowest BCUT2D eigenvalue weighted by Gasteiger charge is -2.37. The predicted molar refractivity (Wildman–Crippen MR) is 156 cm³/mol. The van der Waals surface area contributed by atoms with E-state index < -0.39 is 35.5 Å². The van der Waals surface area contributed by atoms with Gasteiger partial charge < -0.3 is 15.0 Å². The van der Waals surface area contributed by atoms with Crippen molar-refractivity contribution < 1.29 is 23.9 Å². The van der Waals surface area contributed by atoms with Crippen LogP contribution in [-0.4, -0.2) is 70.4 Å². The van der Waals surface area contributed by atoms with Crippen LogP contribution in [0, 0.1) is 11.3 Å². The van der Waals surface area contributed by atoms with Crippen molar-refractivity contribution in [2.24, 2.45) is 11.3 Å². The summed E-state index contributed by atoms with van der Waals surface area (Å²) in [5, 5.41) is 5.06. The Morgan fingerprint density at radius 2 is 1.76 bits per heavy atom. The van der Waals surface area contributed by atoms with Crippen LogP contribution in [0.15, 0.2) is 36.4 Å². The molecule has 4 rings (SSSR count). The molecule has 2 aliphatic heterocycles. The van der Waals surface area contributed by atoms with Crippen LogP contribution in [0.2, 0.25) is 0 Å². The first-order valence-corrected chi connectivity index (χ1v) is 14.2. The molecule has 0 radical (unpaired) electrons. The summed E-state index contributed by atoms with van der Waals surface area (Å²) in [5.74, 6) is -1.94. The Labute approximate surface area is 241 Å². The van der Waals surface area contributed by atoms with Gasteiger partial charge in [-0.1, -0.05) is 44.2 Å². The predicted octanol–water partition coefficient (Wildman–Crippen LogP) is 3.38. The topological polar surface area (TPSA) is 121 Å². The van der Waals surface area contributed by atoms with E-state index in [0.29, 0.717) is 19.4 Å². The number of hydrazine groups is 1. The van der Waals surface area contributed by atoms with Crippen molar-refractivity contribution in [2.75, 3.05) is 13.6 Å². The maximum absolute atomic E-state index is 13.5. The van der Waals surface area contributed by atoms with Crippen LogP contribution in [-0.2, 0) is 23.9 Å². The number of carbonyl (C=O) groups is 4. The molecule has 0 unspecified atom stereocenters. The number of esters is 1. The molecule has 3 amide bonds. The highest BCUT2D eigenvalue weighted by Crippen LogP contribution is 2.26. The molecule has 2 aliphatic rings. The minimum atomic E-state index is -1.08. The molecule has 10 nitrogen and oxygen atoms in total. The summed E-state index contributed by atoms with van der Waals surface area (Å²) in [6.45, 7) is 10.9. The van der Waals surface area contributed by atoms with Gasteiger partial charge in [0.15, 0.2) is 6.10 Å². The molecule has 4 atom stereocenters. The number of pyridine rings is 1. The second kappa shape index (κ2) is 12.0. The molecule has 0 aliphatic carbocycles. The van der Waals surface area contributed by atoms with Gasteiger partial charge in [-0.2, -0.15) is 0 Å². The number of fused-ring (bicyclic) bond motifs is 4. The molecule has 41 heavy (non-hydrogen) atoms. The molecule has 5 bridgehead atoms. The van der Waals surface area contributed by atoms with Gasteiger partial charge >= 0.3 is 5.97 Å². The minimum Gasteiger partial charge on any atom is -0.451 e. The second-order valence-corrected chi connectivity index (χ2v) is 12.0. The average molecular weight is 564 g/mol. The summed E-state index contributed by atoms with van der Waals surface area (Å²) in [7, 11) is 1.74. The van der Waals surface area contributed by atoms with Crippen molar-refractivity contribution in [3.8, 4) is 0 Å². The molecule has 2 aromatic rings. The van der Waals surface area contributed by atoms with E-state index in [1.807, 2.05) is 43.3 Å². The van der Waals surface area contributed by atoms with E-state index in [0.717, 1.165) is 22.2 Å². The zero-order valence-electron chi connectivity index (χ0n) is 24.9. The second-order valence-electron chi connectivity index (χ2n) is 12.0. The number of benzene rings is 1. The third-order valence-corrected chi connectivity index (χ3v) is 7.89. The van der Waals surface area contributed by atoms with Crippen LogP contribution in [0.25, 0.3) is 17.0 Å². The number of amides is 3. The minimum absolute atomic E-state index is 0.148. The molecule has 1 fully saturated rings. The van der Waals surface area contributed by atoms with E-state index in [1.54, 1.807) is 52.6 Å². The standard InChI is InChI=1S/C31H41N5O5/c1-18(2)26-27(37)32-19(3)28(38)36-16-8-9-24(34-36)29(39)35(7)20(4)23-13-12-22-11-10-21(17-25(22)33-23)14-15-31(5,6)30(40)41-26/h10-15,17-20,24,26,34H,8-9,16H2,1-7H3,(H,32,37)/b15-14+/t19-,20+,24-,26-/m0/s1. The molecular weight excluding hydrogens is 522 g/mol. The molecule has 1 aromatic heterocycles. The molecule has 0 saturated carbocycles. The number of aromatic nitrogens is 1. The maximum Gasteiger partial charge on any atom is 0.316 e. The fourth-order valence-electron chi connectivity index (χ4n) is 4.97. The lowest BCUT2D eigenvalue weighted by atomic mass is 9.92. The molecular formula is C31H41N5O5. The summed E-state index contributed by atoms with van der Waals surface area (Å²) in [6.07, 6.45) is 3.70. The highest BCUT2D eigenvalue weighted by atomic mass is 16.5. The van der Waals surface area contributed by atoms with Crippen molar-refractivity contribution in [1.82, 2.24) is 25.6 Å². The van der Waals surface area contributed by atoms with Crippen LogP contribution < -0.4 is 10.7 Å². The number of ether oxygens (including phenoxy) is 1. The third-order valence-electron chi connectivity index (χ3n) is 7.89. The number of nitrogens with zero attached hydrogens (tertiary/aromatic N) is 3. The maximum atomic E-state index is 13.5. The van der Waals surface area contributed by atoms with Crippen LogP contribution in [0.3, 0.4) is 0 Å². The number of hydrogen-bond donors (Lipinski definition) is 2. The number of carbonyl (C=O) groups excluding carboxylic acids is 4. The van der Waals surface area contributed by atoms with Gasteiger partial charge in [0.2, 0.25) is 5.91 Å². The van der Waals surface area contributed by atoms with E-state index in [4.69, 9.17) is 9.72 Å². The summed E-state index contributed by atoms with van der Waals surface area (Å²) in [6, 6.07) is 7.93. The fourth-order valence-corrected chi connectivity index (χ4v) is 4.97. The Morgan fingerprint density at radius 3 is 2.46 bits per heavy atom. The Hall–Kier alpha value is -3.79. The van der Waals surface area contributed by atoms with Crippen molar-refractivity contribution in [1.29, 1.82) is 0 Å². The van der Waals surface area contributed by atoms with Crippen LogP contribution in [0.5, 0.6) is 0 Å². The van der Waals surface area contributed by atoms with Gasteiger partial charge in [0.25, 0.3) is 11.8 Å². The third kappa shape index (κ3) is 6.59. The van der Waals surface area contributed by atoms with Gasteiger partial charge in [0, 0.05) is 19.0 Å². The normalized spacial score (nSPS) is 27.1. The Morgan fingerprint density at radius 1 is 1.05 bits per heavy atom. The van der Waals surface area contributed by atoms with Gasteiger partial charge in [-0.05, 0) is 64.2 Å². The Balaban J connectivity index is 1.73.